The number of hydrogen-bond donors (Lipinski definition) is 3. The van der Waals surface area contributed by atoms with Gasteiger partial charge in [0, 0.05) is 12.5 Å². The van der Waals surface area contributed by atoms with E-state index in [0.29, 0.717) is 12.5 Å². The minimum Gasteiger partial charge on any atom is -0.349 e. The van der Waals surface area contributed by atoms with Crippen molar-refractivity contribution < 1.29 is 4.79 Å². The molecule has 6 nitrogen and oxygen atoms in total. The van der Waals surface area contributed by atoms with Gasteiger partial charge in [0.05, 0.1) is 0 Å². The molecule has 0 spiro atoms. The van der Waals surface area contributed by atoms with Gasteiger partial charge in [-0.3, -0.25) is 9.89 Å². The summed E-state index contributed by atoms with van der Waals surface area (Å²) in [6, 6.07) is 0. The van der Waals surface area contributed by atoms with Crippen LogP contribution in [0.2, 0.25) is 0 Å². The van der Waals surface area contributed by atoms with Crippen molar-refractivity contribution in [3.8, 4) is 0 Å². The fraction of sp³-hybridized carbons (Fsp3) is 0.750. The van der Waals surface area contributed by atoms with Crippen molar-refractivity contribution in [3.63, 3.8) is 0 Å². The molecule has 1 aromatic rings. The number of aromatic amines is 1. The Balaban J connectivity index is 1.83. The lowest BCUT2D eigenvalue weighted by molar-refractivity contribution is 0.0934. The molecule has 0 unspecified atom stereocenters. The smallest absolute Gasteiger partial charge is 0.290 e. The minimum absolute atomic E-state index is 0.184. The molecule has 1 amide bonds. The molecule has 0 saturated carbocycles. The summed E-state index contributed by atoms with van der Waals surface area (Å²) < 4.78 is 0. The number of rotatable bonds is 4. The highest BCUT2D eigenvalue weighted by Gasteiger charge is 2.17. The molecule has 0 atom stereocenters. The Morgan fingerprint density at radius 2 is 2.17 bits per heavy atom. The number of amides is 1. The van der Waals surface area contributed by atoms with Gasteiger partial charge >= 0.3 is 0 Å². The van der Waals surface area contributed by atoms with Crippen LogP contribution in [0.1, 0.15) is 49.1 Å². The third-order valence-electron chi connectivity index (χ3n) is 3.26. The van der Waals surface area contributed by atoms with Crippen LogP contribution in [0.25, 0.3) is 0 Å². The number of piperidine rings is 1. The molecule has 1 aliphatic rings. The van der Waals surface area contributed by atoms with E-state index >= 15 is 0 Å². The van der Waals surface area contributed by atoms with E-state index < -0.39 is 0 Å². The molecule has 0 bridgehead atoms. The second-order valence-corrected chi connectivity index (χ2v) is 5.10. The monoisotopic (exact) mass is 251 g/mol. The van der Waals surface area contributed by atoms with Gasteiger partial charge < -0.3 is 10.6 Å². The summed E-state index contributed by atoms with van der Waals surface area (Å²) in [6.07, 6.45) is 2.23. The maximum atomic E-state index is 11.9. The molecular weight excluding hydrogens is 230 g/mol. The molecule has 6 heteroatoms. The summed E-state index contributed by atoms with van der Waals surface area (Å²) in [5.41, 5.74) is 0. The topological polar surface area (TPSA) is 82.7 Å². The van der Waals surface area contributed by atoms with Crippen molar-refractivity contribution in [2.45, 2.75) is 32.6 Å². The van der Waals surface area contributed by atoms with Crippen molar-refractivity contribution >= 4 is 5.91 Å². The Morgan fingerprint density at radius 1 is 1.44 bits per heavy atom. The molecule has 1 aliphatic heterocycles. The van der Waals surface area contributed by atoms with Crippen LogP contribution in [0.15, 0.2) is 0 Å². The van der Waals surface area contributed by atoms with E-state index in [0.717, 1.165) is 31.8 Å². The molecule has 0 aromatic carbocycles. The number of carbonyl (C=O) groups is 1. The van der Waals surface area contributed by atoms with Crippen molar-refractivity contribution in [2.75, 3.05) is 19.6 Å². The van der Waals surface area contributed by atoms with E-state index in [4.69, 9.17) is 0 Å². The average molecular weight is 251 g/mol. The molecule has 2 rings (SSSR count). The van der Waals surface area contributed by atoms with Crippen LogP contribution >= 0.6 is 0 Å². The van der Waals surface area contributed by atoms with Crippen LogP contribution in [0.5, 0.6) is 0 Å². The second-order valence-electron chi connectivity index (χ2n) is 5.10. The zero-order valence-electron chi connectivity index (χ0n) is 11.0. The van der Waals surface area contributed by atoms with Gasteiger partial charge in [-0.05, 0) is 31.8 Å². The van der Waals surface area contributed by atoms with Crippen molar-refractivity contribution in [3.05, 3.63) is 11.6 Å². The lowest BCUT2D eigenvalue weighted by atomic mass is 9.98. The molecule has 1 saturated heterocycles. The predicted octanol–water partition coefficient (Wildman–Crippen LogP) is 0.657. The number of carbonyl (C=O) groups excluding carboxylic acids is 1. The Morgan fingerprint density at radius 3 is 2.78 bits per heavy atom. The molecule has 100 valence electrons. The first-order valence-electron chi connectivity index (χ1n) is 6.58. The number of nitrogens with zero attached hydrogens (tertiary/aromatic N) is 2. The van der Waals surface area contributed by atoms with Gasteiger partial charge in [-0.15, -0.1) is 5.10 Å². The van der Waals surface area contributed by atoms with E-state index in [1.54, 1.807) is 0 Å². The van der Waals surface area contributed by atoms with Gasteiger partial charge in [-0.1, -0.05) is 13.8 Å². The van der Waals surface area contributed by atoms with Crippen LogP contribution in [0.3, 0.4) is 0 Å². The highest BCUT2D eigenvalue weighted by molar-refractivity contribution is 5.90. The maximum Gasteiger partial charge on any atom is 0.290 e. The largest absolute Gasteiger partial charge is 0.349 e. The fourth-order valence-corrected chi connectivity index (χ4v) is 2.04. The quantitative estimate of drug-likeness (QED) is 0.734. The Kier molecular flexibility index (Phi) is 4.30. The first-order valence-corrected chi connectivity index (χ1v) is 6.58. The lowest BCUT2D eigenvalue weighted by Gasteiger charge is -2.22. The van der Waals surface area contributed by atoms with Crippen molar-refractivity contribution in [2.24, 2.45) is 5.92 Å². The van der Waals surface area contributed by atoms with Crippen LogP contribution < -0.4 is 10.6 Å². The summed E-state index contributed by atoms with van der Waals surface area (Å²) in [5.74, 6) is 1.63. The van der Waals surface area contributed by atoms with Gasteiger partial charge in [0.1, 0.15) is 5.82 Å². The summed E-state index contributed by atoms with van der Waals surface area (Å²) in [5, 5.41) is 12.9. The highest BCUT2D eigenvalue weighted by atomic mass is 16.2. The lowest BCUT2D eigenvalue weighted by Crippen LogP contribution is -2.36. The average Bonchev–Trinajstić information content (AvgIpc) is 2.87. The van der Waals surface area contributed by atoms with Crippen molar-refractivity contribution in [1.29, 1.82) is 0 Å². The number of hydrogen-bond acceptors (Lipinski definition) is 4. The molecule has 1 fully saturated rings. The van der Waals surface area contributed by atoms with E-state index in [9.17, 15) is 4.79 Å². The van der Waals surface area contributed by atoms with E-state index in [1.165, 1.54) is 0 Å². The zero-order valence-corrected chi connectivity index (χ0v) is 11.0. The Labute approximate surface area is 107 Å². The first kappa shape index (κ1) is 13.0. The predicted molar refractivity (Wildman–Crippen MR) is 68.4 cm³/mol. The number of aromatic nitrogens is 3. The van der Waals surface area contributed by atoms with E-state index in [1.807, 2.05) is 13.8 Å². The van der Waals surface area contributed by atoms with E-state index in [2.05, 4.69) is 25.8 Å². The third-order valence-corrected chi connectivity index (χ3v) is 3.26. The van der Waals surface area contributed by atoms with Crippen molar-refractivity contribution in [1.82, 2.24) is 25.8 Å². The van der Waals surface area contributed by atoms with Crippen LogP contribution in [0.4, 0.5) is 0 Å². The maximum absolute atomic E-state index is 11.9. The van der Waals surface area contributed by atoms with Gasteiger partial charge in [0.2, 0.25) is 5.82 Å². The molecule has 1 aromatic heterocycles. The normalized spacial score (nSPS) is 17.1. The first-order chi connectivity index (χ1) is 8.66. The molecule has 0 aliphatic carbocycles. The van der Waals surface area contributed by atoms with Crippen LogP contribution in [-0.2, 0) is 0 Å². The molecule has 3 N–H and O–H groups in total. The standard InChI is InChI=1S/C12H21N5O/c1-8(2)10-15-11(17-16-10)12(18)14-7-9-3-5-13-6-4-9/h8-9,13H,3-7H2,1-2H3,(H,14,18)(H,15,16,17). The highest BCUT2D eigenvalue weighted by Crippen LogP contribution is 2.10. The summed E-state index contributed by atoms with van der Waals surface area (Å²) >= 11 is 0. The van der Waals surface area contributed by atoms with Gasteiger partial charge in [-0.2, -0.15) is 0 Å². The summed E-state index contributed by atoms with van der Waals surface area (Å²) in [6.45, 7) is 6.82. The Bertz CT molecular complexity index is 395. The zero-order chi connectivity index (χ0) is 13.0. The van der Waals surface area contributed by atoms with Gasteiger partial charge in [0.15, 0.2) is 0 Å². The fourth-order valence-electron chi connectivity index (χ4n) is 2.04. The second kappa shape index (κ2) is 5.95. The van der Waals surface area contributed by atoms with Crippen LogP contribution in [0, 0.1) is 5.92 Å². The minimum atomic E-state index is -0.184. The third kappa shape index (κ3) is 3.29. The number of H-pyrrole nitrogens is 1. The summed E-state index contributed by atoms with van der Waals surface area (Å²) in [4.78, 5) is 16.0. The molecule has 2 heterocycles. The summed E-state index contributed by atoms with van der Waals surface area (Å²) in [7, 11) is 0. The Hall–Kier alpha value is -1.43. The van der Waals surface area contributed by atoms with Crippen LogP contribution in [-0.4, -0.2) is 40.7 Å². The molecule has 0 radical (unpaired) electrons. The molecular formula is C12H21N5O. The molecule has 18 heavy (non-hydrogen) atoms. The van der Waals surface area contributed by atoms with Gasteiger partial charge in [-0.25, -0.2) is 4.98 Å². The van der Waals surface area contributed by atoms with E-state index in [-0.39, 0.29) is 17.6 Å². The van der Waals surface area contributed by atoms with Gasteiger partial charge in [0.25, 0.3) is 5.91 Å². The number of nitrogens with one attached hydrogen (secondary N) is 3. The SMILES string of the molecule is CC(C)c1nc(C(=O)NCC2CCNCC2)n[nH]1.